The van der Waals surface area contributed by atoms with Gasteiger partial charge < -0.3 is 15.0 Å². The van der Waals surface area contributed by atoms with Gasteiger partial charge in [0.1, 0.15) is 5.82 Å². The van der Waals surface area contributed by atoms with Crippen molar-refractivity contribution in [1.29, 1.82) is 0 Å². The molecule has 0 radical (unpaired) electrons. The Labute approximate surface area is 180 Å². The number of anilines is 1. The molecule has 0 bridgehead atoms. The first kappa shape index (κ1) is 20.3. The highest BCUT2D eigenvalue weighted by atomic mass is 19.1. The number of nitrogens with one attached hydrogen (secondary N) is 2. The number of amides is 3. The maximum absolute atomic E-state index is 14.7. The molecule has 2 saturated carbocycles. The van der Waals surface area contributed by atoms with E-state index in [1.54, 1.807) is 12.1 Å². The summed E-state index contributed by atoms with van der Waals surface area (Å²) >= 11 is 0. The van der Waals surface area contributed by atoms with Gasteiger partial charge in [-0.2, -0.15) is 0 Å². The van der Waals surface area contributed by atoms with Gasteiger partial charge in [0, 0.05) is 30.8 Å². The molecule has 2 N–H and O–H groups in total. The molecule has 31 heavy (non-hydrogen) atoms. The van der Waals surface area contributed by atoms with Crippen LogP contribution in [0.1, 0.15) is 56.4 Å². The van der Waals surface area contributed by atoms with Crippen molar-refractivity contribution >= 4 is 23.6 Å². The summed E-state index contributed by atoms with van der Waals surface area (Å²) in [4.78, 5) is 37.3. The molecule has 166 valence electrons. The van der Waals surface area contributed by atoms with Crippen LogP contribution < -0.4 is 15.5 Å². The molecule has 1 atom stereocenters. The van der Waals surface area contributed by atoms with Crippen molar-refractivity contribution in [3.63, 3.8) is 0 Å². The number of rotatable bonds is 5. The molecule has 1 unspecified atom stereocenters. The van der Waals surface area contributed by atoms with Crippen molar-refractivity contribution in [3.8, 4) is 0 Å². The third kappa shape index (κ3) is 4.00. The third-order valence-corrected chi connectivity index (χ3v) is 7.48. The molecule has 2 aliphatic carbocycles. The number of nitrogens with zero attached hydrogens (tertiary/aromatic N) is 1. The number of carbonyl (C=O) groups is 3. The Balaban J connectivity index is 1.06. The molecule has 4 fully saturated rings. The SMILES string of the molecule is O=C1CCC(c2ccc(N3CC(NC(=O)OCC4CC5(CCC5)C4)C3)cc2F)C(=O)N1. The fourth-order valence-corrected chi connectivity index (χ4v) is 5.54. The Morgan fingerprint density at radius 3 is 2.68 bits per heavy atom. The quantitative estimate of drug-likeness (QED) is 0.703. The van der Waals surface area contributed by atoms with E-state index < -0.39 is 17.6 Å². The van der Waals surface area contributed by atoms with Gasteiger partial charge in [0.05, 0.1) is 18.6 Å². The second-order valence-corrected chi connectivity index (χ2v) is 9.68. The van der Waals surface area contributed by atoms with Crippen LogP contribution in [0, 0.1) is 17.2 Å². The summed E-state index contributed by atoms with van der Waals surface area (Å²) in [6.45, 7) is 1.66. The van der Waals surface area contributed by atoms with Gasteiger partial charge in [-0.05, 0) is 55.6 Å². The van der Waals surface area contributed by atoms with Crippen molar-refractivity contribution in [2.75, 3.05) is 24.6 Å². The van der Waals surface area contributed by atoms with Crippen LogP contribution in [0.25, 0.3) is 0 Å². The van der Waals surface area contributed by atoms with Gasteiger partial charge in [0.15, 0.2) is 0 Å². The molecule has 2 aliphatic heterocycles. The Hall–Kier alpha value is -2.64. The van der Waals surface area contributed by atoms with Crippen molar-refractivity contribution < 1.29 is 23.5 Å². The lowest BCUT2D eigenvalue weighted by Gasteiger charge is -2.54. The first-order valence-corrected chi connectivity index (χ1v) is 11.2. The van der Waals surface area contributed by atoms with Crippen molar-refractivity contribution in [2.24, 2.45) is 11.3 Å². The summed E-state index contributed by atoms with van der Waals surface area (Å²) < 4.78 is 20.0. The summed E-state index contributed by atoms with van der Waals surface area (Å²) in [5.74, 6) is -1.34. The van der Waals surface area contributed by atoms with Gasteiger partial charge in [-0.25, -0.2) is 9.18 Å². The zero-order valence-corrected chi connectivity index (χ0v) is 17.5. The lowest BCUT2D eigenvalue weighted by molar-refractivity contribution is -0.134. The lowest BCUT2D eigenvalue weighted by atomic mass is 9.52. The number of imide groups is 1. The molecule has 1 spiro atoms. The number of hydrogen-bond donors (Lipinski definition) is 2. The van der Waals surface area contributed by atoms with E-state index in [-0.39, 0.29) is 24.5 Å². The van der Waals surface area contributed by atoms with E-state index in [0.29, 0.717) is 48.7 Å². The number of hydrogen-bond acceptors (Lipinski definition) is 5. The minimum absolute atomic E-state index is 0.0234. The number of benzene rings is 1. The predicted octanol–water partition coefficient (Wildman–Crippen LogP) is 2.84. The molecule has 1 aromatic rings. The van der Waals surface area contributed by atoms with E-state index in [9.17, 15) is 18.8 Å². The maximum atomic E-state index is 14.7. The first-order chi connectivity index (χ1) is 14.9. The second kappa shape index (κ2) is 7.80. The van der Waals surface area contributed by atoms with Gasteiger partial charge in [0.25, 0.3) is 0 Å². The molecule has 3 amide bonds. The topological polar surface area (TPSA) is 87.7 Å². The average molecular weight is 429 g/mol. The number of halogens is 1. The van der Waals surface area contributed by atoms with Gasteiger partial charge in [0.2, 0.25) is 11.8 Å². The zero-order chi connectivity index (χ0) is 21.6. The van der Waals surface area contributed by atoms with Crippen molar-refractivity contribution in [1.82, 2.24) is 10.6 Å². The highest BCUT2D eigenvalue weighted by Crippen LogP contribution is 2.58. The smallest absolute Gasteiger partial charge is 0.407 e. The van der Waals surface area contributed by atoms with Gasteiger partial charge in [-0.1, -0.05) is 12.5 Å². The van der Waals surface area contributed by atoms with Crippen LogP contribution in [0.15, 0.2) is 18.2 Å². The predicted molar refractivity (Wildman–Crippen MR) is 111 cm³/mol. The highest BCUT2D eigenvalue weighted by molar-refractivity contribution is 6.01. The van der Waals surface area contributed by atoms with Gasteiger partial charge >= 0.3 is 6.09 Å². The molecule has 7 nitrogen and oxygen atoms in total. The molecule has 2 heterocycles. The first-order valence-electron chi connectivity index (χ1n) is 11.2. The number of carbonyl (C=O) groups excluding carboxylic acids is 3. The summed E-state index contributed by atoms with van der Waals surface area (Å²) in [7, 11) is 0. The molecule has 2 saturated heterocycles. The van der Waals surface area contributed by atoms with Crippen molar-refractivity contribution in [2.45, 2.75) is 56.9 Å². The van der Waals surface area contributed by atoms with Crippen LogP contribution in [0.4, 0.5) is 14.9 Å². The number of ether oxygens (including phenoxy) is 1. The molecule has 4 aliphatic rings. The summed E-state index contributed by atoms with van der Waals surface area (Å²) in [5.41, 5.74) is 1.61. The number of piperidine rings is 1. The summed E-state index contributed by atoms with van der Waals surface area (Å²) in [6, 6.07) is 4.79. The van der Waals surface area contributed by atoms with Gasteiger partial charge in [-0.15, -0.1) is 0 Å². The zero-order valence-electron chi connectivity index (χ0n) is 17.5. The molecule has 1 aromatic carbocycles. The van der Waals surface area contributed by atoms with E-state index in [1.165, 1.54) is 38.2 Å². The molecular weight excluding hydrogens is 401 g/mol. The minimum Gasteiger partial charge on any atom is -0.449 e. The largest absolute Gasteiger partial charge is 0.449 e. The lowest BCUT2D eigenvalue weighted by Crippen LogP contribution is -2.59. The van der Waals surface area contributed by atoms with E-state index in [4.69, 9.17) is 4.74 Å². The minimum atomic E-state index is -0.637. The van der Waals surface area contributed by atoms with E-state index in [0.717, 1.165) is 0 Å². The fraction of sp³-hybridized carbons (Fsp3) is 0.609. The average Bonchev–Trinajstić information content (AvgIpc) is 2.62. The van der Waals surface area contributed by atoms with Crippen molar-refractivity contribution in [3.05, 3.63) is 29.6 Å². The Bertz CT molecular complexity index is 902. The van der Waals surface area contributed by atoms with E-state index >= 15 is 0 Å². The van der Waals surface area contributed by atoms with E-state index in [1.807, 2.05) is 4.90 Å². The summed E-state index contributed by atoms with van der Waals surface area (Å²) in [5, 5.41) is 5.14. The molecular formula is C23H28FN3O4. The normalized spacial score (nSPS) is 25.3. The van der Waals surface area contributed by atoms with Crippen LogP contribution in [0.3, 0.4) is 0 Å². The Morgan fingerprint density at radius 2 is 2.03 bits per heavy atom. The monoisotopic (exact) mass is 429 g/mol. The number of alkyl carbamates (subject to hydrolysis) is 1. The third-order valence-electron chi connectivity index (χ3n) is 7.48. The van der Waals surface area contributed by atoms with Crippen LogP contribution in [0.5, 0.6) is 0 Å². The van der Waals surface area contributed by atoms with Crippen LogP contribution in [-0.2, 0) is 14.3 Å². The van der Waals surface area contributed by atoms with Crippen LogP contribution in [0.2, 0.25) is 0 Å². The second-order valence-electron chi connectivity index (χ2n) is 9.68. The van der Waals surface area contributed by atoms with E-state index in [2.05, 4.69) is 10.6 Å². The molecule has 0 aromatic heterocycles. The highest BCUT2D eigenvalue weighted by Gasteiger charge is 2.48. The van der Waals surface area contributed by atoms with Crippen LogP contribution >= 0.6 is 0 Å². The van der Waals surface area contributed by atoms with Crippen LogP contribution in [-0.4, -0.2) is 43.6 Å². The molecule has 8 heteroatoms. The fourth-order valence-electron chi connectivity index (χ4n) is 5.54. The van der Waals surface area contributed by atoms with Gasteiger partial charge in [-0.3, -0.25) is 14.9 Å². The Morgan fingerprint density at radius 1 is 1.26 bits per heavy atom. The standard InChI is InChI=1S/C23H28FN3O4/c24-19-8-16(2-3-17(19)18-4-5-20(28)26-21(18)29)27-11-15(12-27)25-22(30)31-13-14-9-23(10-14)6-1-7-23/h2-3,8,14-15,18H,1,4-7,9-13H2,(H,25,30)(H,26,28,29). The Kier molecular flexibility index (Phi) is 5.10. The molecule has 5 rings (SSSR count). The maximum Gasteiger partial charge on any atom is 0.407 e. The summed E-state index contributed by atoms with van der Waals surface area (Å²) in [6.07, 6.45) is 6.56.